The maximum atomic E-state index is 12.0. The van der Waals surface area contributed by atoms with Gasteiger partial charge in [0.2, 0.25) is 10.0 Å². The third-order valence-corrected chi connectivity index (χ3v) is 5.74. The summed E-state index contributed by atoms with van der Waals surface area (Å²) in [5.74, 6) is 0. The Morgan fingerprint density at radius 2 is 2.10 bits per heavy atom. The van der Waals surface area contributed by atoms with E-state index in [0.717, 1.165) is 17.8 Å². The number of rotatable bonds is 6. The van der Waals surface area contributed by atoms with Gasteiger partial charge in [-0.05, 0) is 25.5 Å². The lowest BCUT2D eigenvalue weighted by molar-refractivity contribution is 0.583. The highest BCUT2D eigenvalue weighted by Gasteiger charge is 2.17. The van der Waals surface area contributed by atoms with Crippen molar-refractivity contribution >= 4 is 21.4 Å². The average molecular weight is 327 g/mol. The molecular formula is C13H17N3O3S2. The van der Waals surface area contributed by atoms with Crippen LogP contribution in [0.2, 0.25) is 0 Å². The molecule has 114 valence electrons. The number of hydrogen-bond donors (Lipinski definition) is 1. The standard InChI is InChI=1S/C13H17N3O3S2/c1-3-7-14-21(18,19)13-8-10(9-20-13)11-5-6-12(17)16(4-2)15-11/h5-6,8-9,14H,3-4,7H2,1-2H3. The summed E-state index contributed by atoms with van der Waals surface area (Å²) in [6, 6.07) is 4.62. The maximum absolute atomic E-state index is 12.0. The minimum absolute atomic E-state index is 0.172. The quantitative estimate of drug-likeness (QED) is 0.875. The van der Waals surface area contributed by atoms with Gasteiger partial charge in [-0.15, -0.1) is 11.3 Å². The van der Waals surface area contributed by atoms with Crippen molar-refractivity contribution in [1.29, 1.82) is 0 Å². The van der Waals surface area contributed by atoms with Crippen molar-refractivity contribution in [2.75, 3.05) is 6.54 Å². The Kier molecular flexibility index (Phi) is 4.92. The van der Waals surface area contributed by atoms with E-state index in [1.807, 2.05) is 13.8 Å². The molecule has 6 nitrogen and oxygen atoms in total. The molecule has 0 aliphatic rings. The summed E-state index contributed by atoms with van der Waals surface area (Å²) in [4.78, 5) is 11.5. The van der Waals surface area contributed by atoms with Crippen LogP contribution in [-0.2, 0) is 16.6 Å². The van der Waals surface area contributed by atoms with Crippen molar-refractivity contribution in [3.63, 3.8) is 0 Å². The van der Waals surface area contributed by atoms with Gasteiger partial charge in [-0.3, -0.25) is 4.79 Å². The topological polar surface area (TPSA) is 81.1 Å². The predicted molar refractivity (Wildman–Crippen MR) is 83.0 cm³/mol. The predicted octanol–water partition coefficient (Wildman–Crippen LogP) is 1.68. The second-order valence-corrected chi connectivity index (χ2v) is 7.33. The summed E-state index contributed by atoms with van der Waals surface area (Å²) in [5, 5.41) is 5.94. The molecule has 21 heavy (non-hydrogen) atoms. The van der Waals surface area contributed by atoms with Crippen LogP contribution >= 0.6 is 11.3 Å². The first-order valence-electron chi connectivity index (χ1n) is 6.64. The van der Waals surface area contributed by atoms with E-state index in [-0.39, 0.29) is 9.77 Å². The van der Waals surface area contributed by atoms with Gasteiger partial charge in [-0.1, -0.05) is 6.92 Å². The fourth-order valence-electron chi connectivity index (χ4n) is 1.73. The van der Waals surface area contributed by atoms with Gasteiger partial charge < -0.3 is 0 Å². The molecule has 0 amide bonds. The fourth-order valence-corrected chi connectivity index (χ4v) is 4.08. The molecule has 8 heteroatoms. The molecule has 0 unspecified atom stereocenters. The van der Waals surface area contributed by atoms with Crippen molar-refractivity contribution in [2.24, 2.45) is 0 Å². The highest BCUT2D eigenvalue weighted by Crippen LogP contribution is 2.26. The number of nitrogens with one attached hydrogen (secondary N) is 1. The molecule has 0 spiro atoms. The number of nitrogens with zero attached hydrogens (tertiary/aromatic N) is 2. The molecule has 0 aliphatic carbocycles. The zero-order valence-corrected chi connectivity index (χ0v) is 13.5. The third kappa shape index (κ3) is 3.58. The van der Waals surface area contributed by atoms with Gasteiger partial charge in [-0.25, -0.2) is 17.8 Å². The molecule has 0 radical (unpaired) electrons. The summed E-state index contributed by atoms with van der Waals surface area (Å²) in [6.45, 7) is 4.62. The molecule has 0 atom stereocenters. The van der Waals surface area contributed by atoms with Gasteiger partial charge in [0.15, 0.2) is 0 Å². The lowest BCUT2D eigenvalue weighted by Crippen LogP contribution is -2.23. The van der Waals surface area contributed by atoms with Gasteiger partial charge >= 0.3 is 0 Å². The van der Waals surface area contributed by atoms with Gasteiger partial charge in [0, 0.05) is 30.1 Å². The fraction of sp³-hybridized carbons (Fsp3) is 0.385. The molecule has 2 heterocycles. The minimum atomic E-state index is -3.46. The Hall–Kier alpha value is -1.51. The molecule has 0 aliphatic heterocycles. The van der Waals surface area contributed by atoms with Crippen molar-refractivity contribution in [1.82, 2.24) is 14.5 Å². The summed E-state index contributed by atoms with van der Waals surface area (Å²) in [5.41, 5.74) is 1.11. The zero-order valence-electron chi connectivity index (χ0n) is 11.9. The molecule has 0 saturated carbocycles. The lowest BCUT2D eigenvalue weighted by Gasteiger charge is -2.03. The Morgan fingerprint density at radius 1 is 1.33 bits per heavy atom. The van der Waals surface area contributed by atoms with Gasteiger partial charge in [0.25, 0.3) is 5.56 Å². The minimum Gasteiger partial charge on any atom is -0.268 e. The van der Waals surface area contributed by atoms with Crippen molar-refractivity contribution in [2.45, 2.75) is 31.0 Å². The Bertz CT molecular complexity index is 778. The summed E-state index contributed by atoms with van der Waals surface area (Å²) < 4.78 is 28.2. The second kappa shape index (κ2) is 6.50. The Labute approximate surface area is 127 Å². The van der Waals surface area contributed by atoms with Crippen LogP contribution in [0.5, 0.6) is 0 Å². The molecule has 0 fully saturated rings. The van der Waals surface area contributed by atoms with E-state index in [2.05, 4.69) is 9.82 Å². The van der Waals surface area contributed by atoms with Gasteiger partial charge in [0.05, 0.1) is 5.69 Å². The molecule has 2 rings (SSSR count). The highest BCUT2D eigenvalue weighted by molar-refractivity contribution is 7.91. The van der Waals surface area contributed by atoms with Crippen LogP contribution in [0.4, 0.5) is 0 Å². The van der Waals surface area contributed by atoms with Crippen LogP contribution in [0.1, 0.15) is 20.3 Å². The monoisotopic (exact) mass is 327 g/mol. The molecule has 1 N–H and O–H groups in total. The van der Waals surface area contributed by atoms with Crippen molar-refractivity contribution < 1.29 is 8.42 Å². The van der Waals surface area contributed by atoms with Crippen LogP contribution < -0.4 is 10.3 Å². The maximum Gasteiger partial charge on any atom is 0.266 e. The van der Waals surface area contributed by atoms with E-state index < -0.39 is 10.0 Å². The molecule has 0 bridgehead atoms. The third-order valence-electron chi connectivity index (χ3n) is 2.84. The van der Waals surface area contributed by atoms with E-state index >= 15 is 0 Å². The molecule has 0 aromatic carbocycles. The first kappa shape index (κ1) is 15.9. The zero-order chi connectivity index (χ0) is 15.5. The Morgan fingerprint density at radius 3 is 2.76 bits per heavy atom. The van der Waals surface area contributed by atoms with Crippen LogP contribution in [-0.4, -0.2) is 24.7 Å². The normalized spacial score (nSPS) is 11.7. The average Bonchev–Trinajstić information content (AvgIpc) is 2.96. The van der Waals surface area contributed by atoms with E-state index in [1.54, 1.807) is 17.5 Å². The number of sulfonamides is 1. The van der Waals surface area contributed by atoms with Crippen molar-refractivity contribution in [3.05, 3.63) is 33.9 Å². The van der Waals surface area contributed by atoms with E-state index in [1.165, 1.54) is 10.7 Å². The second-order valence-electron chi connectivity index (χ2n) is 4.42. The van der Waals surface area contributed by atoms with E-state index in [0.29, 0.717) is 24.3 Å². The molecule has 2 aromatic rings. The summed E-state index contributed by atoms with van der Waals surface area (Å²) in [6.07, 6.45) is 0.737. The largest absolute Gasteiger partial charge is 0.268 e. The molecular weight excluding hydrogens is 310 g/mol. The first-order chi connectivity index (χ1) is 9.97. The highest BCUT2D eigenvalue weighted by atomic mass is 32.2. The van der Waals surface area contributed by atoms with Crippen LogP contribution in [0, 0.1) is 0 Å². The van der Waals surface area contributed by atoms with E-state index in [9.17, 15) is 13.2 Å². The van der Waals surface area contributed by atoms with E-state index in [4.69, 9.17) is 0 Å². The number of aryl methyl sites for hydroxylation is 1. The smallest absolute Gasteiger partial charge is 0.266 e. The van der Waals surface area contributed by atoms with Gasteiger partial charge in [0.1, 0.15) is 4.21 Å². The van der Waals surface area contributed by atoms with Crippen LogP contribution in [0.3, 0.4) is 0 Å². The molecule has 0 saturated heterocycles. The lowest BCUT2D eigenvalue weighted by atomic mass is 10.2. The number of thiophene rings is 1. The number of aromatic nitrogens is 2. The summed E-state index contributed by atoms with van der Waals surface area (Å²) >= 11 is 1.14. The SMILES string of the molecule is CCCNS(=O)(=O)c1cc(-c2ccc(=O)n(CC)n2)cs1. The Balaban J connectivity index is 2.34. The van der Waals surface area contributed by atoms with Gasteiger partial charge in [-0.2, -0.15) is 5.10 Å². The summed E-state index contributed by atoms with van der Waals surface area (Å²) in [7, 11) is -3.46. The van der Waals surface area contributed by atoms with Crippen LogP contribution in [0.25, 0.3) is 11.3 Å². The first-order valence-corrected chi connectivity index (χ1v) is 9.01. The number of hydrogen-bond acceptors (Lipinski definition) is 5. The van der Waals surface area contributed by atoms with Crippen LogP contribution in [0.15, 0.2) is 32.6 Å². The molecule has 2 aromatic heterocycles. The van der Waals surface area contributed by atoms with Crippen molar-refractivity contribution in [3.8, 4) is 11.3 Å².